The Bertz CT molecular complexity index is 810. The fraction of sp³-hybridized carbons (Fsp3) is 0.435. The first kappa shape index (κ1) is 18.2. The predicted octanol–water partition coefficient (Wildman–Crippen LogP) is 4.62. The molecule has 1 saturated heterocycles. The van der Waals surface area contributed by atoms with E-state index in [2.05, 4.69) is 22.3 Å². The van der Waals surface area contributed by atoms with Gasteiger partial charge in [-0.1, -0.05) is 30.3 Å². The molecule has 2 fully saturated rings. The second kappa shape index (κ2) is 7.43. The average molecular weight is 366 g/mol. The summed E-state index contributed by atoms with van der Waals surface area (Å²) in [7, 11) is 0. The monoisotopic (exact) mass is 366 g/mol. The standard InChI is InChI=1S/C23H27FN2O/c1-17-16-19(24)10-11-20(17)22(27)25-21(18-8-3-2-4-9-18)23(12-7-13-23)26-14-5-6-15-26/h2-4,8-11,16,21H,5-7,12-15H2,1H3,(H,25,27). The highest BCUT2D eigenvalue weighted by Crippen LogP contribution is 2.48. The second-order valence-corrected chi connectivity index (χ2v) is 7.93. The van der Waals surface area contributed by atoms with E-state index in [0.717, 1.165) is 31.5 Å². The van der Waals surface area contributed by atoms with Crippen LogP contribution in [0, 0.1) is 12.7 Å². The molecule has 2 aromatic carbocycles. The van der Waals surface area contributed by atoms with Gasteiger partial charge in [0, 0.05) is 11.1 Å². The molecule has 1 amide bonds. The van der Waals surface area contributed by atoms with E-state index in [1.165, 1.54) is 31.4 Å². The summed E-state index contributed by atoms with van der Waals surface area (Å²) < 4.78 is 13.5. The van der Waals surface area contributed by atoms with Crippen LogP contribution in [0.15, 0.2) is 48.5 Å². The van der Waals surface area contributed by atoms with Gasteiger partial charge in [0.1, 0.15) is 5.82 Å². The highest BCUT2D eigenvalue weighted by Gasteiger charge is 2.50. The highest BCUT2D eigenvalue weighted by molar-refractivity contribution is 5.96. The molecule has 142 valence electrons. The zero-order valence-electron chi connectivity index (χ0n) is 15.9. The second-order valence-electron chi connectivity index (χ2n) is 7.93. The first-order chi connectivity index (χ1) is 13.1. The third kappa shape index (κ3) is 3.39. The lowest BCUT2D eigenvalue weighted by molar-refractivity contribution is -0.000437. The smallest absolute Gasteiger partial charge is 0.252 e. The van der Waals surface area contributed by atoms with Gasteiger partial charge >= 0.3 is 0 Å². The van der Waals surface area contributed by atoms with Gasteiger partial charge in [-0.2, -0.15) is 0 Å². The number of carbonyl (C=O) groups excluding carboxylic acids is 1. The summed E-state index contributed by atoms with van der Waals surface area (Å²) in [6, 6.07) is 14.6. The molecule has 1 N–H and O–H groups in total. The number of halogens is 1. The predicted molar refractivity (Wildman–Crippen MR) is 105 cm³/mol. The minimum Gasteiger partial charge on any atom is -0.343 e. The minimum atomic E-state index is -0.309. The van der Waals surface area contributed by atoms with Gasteiger partial charge in [-0.3, -0.25) is 9.69 Å². The molecule has 4 heteroatoms. The van der Waals surface area contributed by atoms with Gasteiger partial charge in [0.15, 0.2) is 0 Å². The number of rotatable bonds is 5. The van der Waals surface area contributed by atoms with E-state index < -0.39 is 0 Å². The molecule has 0 spiro atoms. The summed E-state index contributed by atoms with van der Waals surface area (Å²) in [4.78, 5) is 15.7. The van der Waals surface area contributed by atoms with Crippen LogP contribution in [-0.4, -0.2) is 29.4 Å². The molecule has 1 heterocycles. The Labute approximate surface area is 160 Å². The van der Waals surface area contributed by atoms with Crippen LogP contribution in [-0.2, 0) is 0 Å². The molecule has 1 saturated carbocycles. The van der Waals surface area contributed by atoms with Gasteiger partial charge in [0.25, 0.3) is 5.91 Å². The molecule has 1 aliphatic carbocycles. The van der Waals surface area contributed by atoms with Crippen LogP contribution in [0.5, 0.6) is 0 Å². The molecule has 0 bridgehead atoms. The lowest BCUT2D eigenvalue weighted by Crippen LogP contribution is -2.60. The summed E-state index contributed by atoms with van der Waals surface area (Å²) in [6.07, 6.45) is 5.87. The fourth-order valence-corrected chi connectivity index (χ4v) is 4.75. The number of aryl methyl sites for hydroxylation is 1. The highest BCUT2D eigenvalue weighted by atomic mass is 19.1. The van der Waals surface area contributed by atoms with Crippen LogP contribution < -0.4 is 5.32 Å². The van der Waals surface area contributed by atoms with Crippen molar-refractivity contribution in [2.75, 3.05) is 13.1 Å². The molecule has 1 atom stereocenters. The van der Waals surface area contributed by atoms with E-state index in [0.29, 0.717) is 11.1 Å². The molecule has 0 aromatic heterocycles. The molecule has 1 unspecified atom stereocenters. The van der Waals surface area contributed by atoms with Crippen molar-refractivity contribution in [2.45, 2.75) is 50.6 Å². The third-order valence-electron chi connectivity index (χ3n) is 6.33. The average Bonchev–Trinajstić information content (AvgIpc) is 3.15. The van der Waals surface area contributed by atoms with Gasteiger partial charge in [0.05, 0.1) is 6.04 Å². The maximum Gasteiger partial charge on any atom is 0.252 e. The number of hydrogen-bond donors (Lipinski definition) is 1. The Morgan fingerprint density at radius 3 is 2.37 bits per heavy atom. The minimum absolute atomic E-state index is 0.00144. The van der Waals surface area contributed by atoms with E-state index >= 15 is 0 Å². The number of benzene rings is 2. The molecular formula is C23H27FN2O. The summed E-state index contributed by atoms with van der Waals surface area (Å²) in [5.41, 5.74) is 2.37. The van der Waals surface area contributed by atoms with E-state index in [1.807, 2.05) is 18.2 Å². The van der Waals surface area contributed by atoms with Gasteiger partial charge in [-0.05, 0) is 81.4 Å². The van der Waals surface area contributed by atoms with Crippen molar-refractivity contribution >= 4 is 5.91 Å². The van der Waals surface area contributed by atoms with Crippen molar-refractivity contribution in [3.8, 4) is 0 Å². The van der Waals surface area contributed by atoms with Gasteiger partial charge in [-0.15, -0.1) is 0 Å². The zero-order chi connectivity index (χ0) is 18.9. The van der Waals surface area contributed by atoms with Gasteiger partial charge in [0.2, 0.25) is 0 Å². The molecule has 1 aliphatic heterocycles. The molecular weight excluding hydrogens is 339 g/mol. The Morgan fingerprint density at radius 2 is 1.78 bits per heavy atom. The van der Waals surface area contributed by atoms with Crippen LogP contribution in [0.2, 0.25) is 0 Å². The fourth-order valence-electron chi connectivity index (χ4n) is 4.75. The maximum absolute atomic E-state index is 13.5. The molecule has 3 nitrogen and oxygen atoms in total. The lowest BCUT2D eigenvalue weighted by Gasteiger charge is -2.54. The van der Waals surface area contributed by atoms with Crippen molar-refractivity contribution in [1.29, 1.82) is 0 Å². The Balaban J connectivity index is 1.67. The van der Waals surface area contributed by atoms with Crippen LogP contribution in [0.4, 0.5) is 4.39 Å². The van der Waals surface area contributed by atoms with E-state index in [4.69, 9.17) is 0 Å². The van der Waals surface area contributed by atoms with E-state index in [1.54, 1.807) is 13.0 Å². The SMILES string of the molecule is Cc1cc(F)ccc1C(=O)NC(c1ccccc1)C1(N2CCCC2)CCC1. The normalized spacial score (nSPS) is 20.1. The summed E-state index contributed by atoms with van der Waals surface area (Å²) >= 11 is 0. The molecule has 2 aliphatic rings. The van der Waals surface area contributed by atoms with Crippen molar-refractivity contribution in [3.63, 3.8) is 0 Å². The third-order valence-corrected chi connectivity index (χ3v) is 6.33. The molecule has 27 heavy (non-hydrogen) atoms. The van der Waals surface area contributed by atoms with Crippen LogP contribution in [0.25, 0.3) is 0 Å². The largest absolute Gasteiger partial charge is 0.343 e. The molecule has 0 radical (unpaired) electrons. The maximum atomic E-state index is 13.5. The number of amides is 1. The first-order valence-electron chi connectivity index (χ1n) is 9.97. The van der Waals surface area contributed by atoms with Crippen molar-refractivity contribution in [2.24, 2.45) is 0 Å². The Kier molecular flexibility index (Phi) is 5.00. The van der Waals surface area contributed by atoms with Crippen LogP contribution in [0.3, 0.4) is 0 Å². The summed E-state index contributed by atoms with van der Waals surface area (Å²) in [6.45, 7) is 4.00. The quantitative estimate of drug-likeness (QED) is 0.837. The molecule has 2 aromatic rings. The van der Waals surface area contributed by atoms with Crippen molar-refractivity contribution in [1.82, 2.24) is 10.2 Å². The van der Waals surface area contributed by atoms with Gasteiger partial charge in [-0.25, -0.2) is 4.39 Å². The Hall–Kier alpha value is -2.20. The van der Waals surface area contributed by atoms with E-state index in [-0.39, 0.29) is 23.3 Å². The molecule has 4 rings (SSSR count). The Morgan fingerprint density at radius 1 is 1.07 bits per heavy atom. The number of hydrogen-bond acceptors (Lipinski definition) is 2. The van der Waals surface area contributed by atoms with Crippen molar-refractivity contribution in [3.05, 3.63) is 71.0 Å². The summed E-state index contributed by atoms with van der Waals surface area (Å²) in [5.74, 6) is -0.428. The summed E-state index contributed by atoms with van der Waals surface area (Å²) in [5, 5.41) is 3.33. The van der Waals surface area contributed by atoms with Gasteiger partial charge < -0.3 is 5.32 Å². The van der Waals surface area contributed by atoms with Crippen LogP contribution in [0.1, 0.15) is 59.6 Å². The number of nitrogens with zero attached hydrogens (tertiary/aromatic N) is 1. The number of nitrogens with one attached hydrogen (secondary N) is 1. The number of likely N-dealkylation sites (tertiary alicyclic amines) is 1. The number of carbonyl (C=O) groups is 1. The lowest BCUT2D eigenvalue weighted by atomic mass is 9.68. The van der Waals surface area contributed by atoms with Crippen molar-refractivity contribution < 1.29 is 9.18 Å². The topological polar surface area (TPSA) is 32.3 Å². The van der Waals surface area contributed by atoms with E-state index in [9.17, 15) is 9.18 Å². The first-order valence-corrected chi connectivity index (χ1v) is 9.97. The van der Waals surface area contributed by atoms with Crippen LogP contribution >= 0.6 is 0 Å². The zero-order valence-corrected chi connectivity index (χ0v) is 15.9.